The summed E-state index contributed by atoms with van der Waals surface area (Å²) < 4.78 is 7.32. The number of nitriles is 1. The molecule has 0 atom stereocenters. The maximum atomic E-state index is 12.2. The molecule has 0 fully saturated rings. The molecule has 0 aliphatic rings. The number of carbonyl (C=O) groups is 1. The van der Waals surface area contributed by atoms with Gasteiger partial charge in [-0.15, -0.1) is 0 Å². The third-order valence-corrected chi connectivity index (χ3v) is 4.15. The van der Waals surface area contributed by atoms with Crippen LogP contribution in [0.2, 0.25) is 0 Å². The SMILES string of the molecule is CC(C)CCOC(=O)Cn1c2ccccc2c2cc(C#N)ccc21. The van der Waals surface area contributed by atoms with Crippen LogP contribution in [0.15, 0.2) is 42.5 Å². The van der Waals surface area contributed by atoms with Gasteiger partial charge in [-0.2, -0.15) is 5.26 Å². The second-order valence-corrected chi connectivity index (χ2v) is 6.35. The van der Waals surface area contributed by atoms with Gasteiger partial charge >= 0.3 is 5.97 Å². The molecule has 0 amide bonds. The minimum Gasteiger partial charge on any atom is -0.464 e. The second kappa shape index (κ2) is 6.76. The van der Waals surface area contributed by atoms with E-state index in [0.717, 1.165) is 28.2 Å². The van der Waals surface area contributed by atoms with E-state index in [2.05, 4.69) is 19.9 Å². The topological polar surface area (TPSA) is 55.0 Å². The van der Waals surface area contributed by atoms with E-state index in [-0.39, 0.29) is 12.5 Å². The summed E-state index contributed by atoms with van der Waals surface area (Å²) in [4.78, 5) is 12.2. The largest absolute Gasteiger partial charge is 0.464 e. The number of para-hydroxylation sites is 1. The molecule has 1 heterocycles. The molecule has 0 saturated carbocycles. The van der Waals surface area contributed by atoms with Crippen LogP contribution in [0.3, 0.4) is 0 Å². The predicted molar refractivity (Wildman–Crippen MR) is 94.6 cm³/mol. The van der Waals surface area contributed by atoms with Crippen LogP contribution in [0.25, 0.3) is 21.8 Å². The minimum atomic E-state index is -0.234. The third-order valence-electron chi connectivity index (χ3n) is 4.15. The first-order chi connectivity index (χ1) is 11.6. The molecule has 0 aliphatic carbocycles. The average molecular weight is 320 g/mol. The number of esters is 1. The number of fused-ring (bicyclic) bond motifs is 3. The first kappa shape index (κ1) is 16.1. The number of ether oxygens (including phenoxy) is 1. The quantitative estimate of drug-likeness (QED) is 0.660. The van der Waals surface area contributed by atoms with Crippen molar-refractivity contribution in [3.8, 4) is 6.07 Å². The highest BCUT2D eigenvalue weighted by atomic mass is 16.5. The molecule has 0 N–H and O–H groups in total. The Labute approximate surface area is 141 Å². The fraction of sp³-hybridized carbons (Fsp3) is 0.300. The van der Waals surface area contributed by atoms with E-state index < -0.39 is 0 Å². The first-order valence-electron chi connectivity index (χ1n) is 8.17. The molecule has 122 valence electrons. The highest BCUT2D eigenvalue weighted by molar-refractivity contribution is 6.08. The average Bonchev–Trinajstić information content (AvgIpc) is 2.88. The van der Waals surface area contributed by atoms with Gasteiger partial charge in [-0.3, -0.25) is 4.79 Å². The molecule has 0 unspecified atom stereocenters. The molecule has 24 heavy (non-hydrogen) atoms. The van der Waals surface area contributed by atoms with Crippen LogP contribution in [0.4, 0.5) is 0 Å². The van der Waals surface area contributed by atoms with Crippen molar-refractivity contribution in [2.45, 2.75) is 26.8 Å². The lowest BCUT2D eigenvalue weighted by Gasteiger charge is -2.09. The van der Waals surface area contributed by atoms with Crippen molar-refractivity contribution < 1.29 is 9.53 Å². The zero-order valence-electron chi connectivity index (χ0n) is 14.0. The number of hydrogen-bond donors (Lipinski definition) is 0. The van der Waals surface area contributed by atoms with Crippen LogP contribution in [0.1, 0.15) is 25.8 Å². The Morgan fingerprint density at radius 1 is 1.17 bits per heavy atom. The summed E-state index contributed by atoms with van der Waals surface area (Å²) in [6, 6.07) is 15.6. The molecule has 0 spiro atoms. The van der Waals surface area contributed by atoms with E-state index in [1.807, 2.05) is 41.0 Å². The Bertz CT molecular complexity index is 932. The molecule has 4 nitrogen and oxygen atoms in total. The highest BCUT2D eigenvalue weighted by Crippen LogP contribution is 2.29. The molecule has 4 heteroatoms. The number of nitrogens with zero attached hydrogens (tertiary/aromatic N) is 2. The summed E-state index contributed by atoms with van der Waals surface area (Å²) in [5, 5.41) is 11.2. The van der Waals surface area contributed by atoms with E-state index in [0.29, 0.717) is 18.1 Å². The second-order valence-electron chi connectivity index (χ2n) is 6.35. The Hall–Kier alpha value is -2.80. The molecule has 0 saturated heterocycles. The van der Waals surface area contributed by atoms with Gasteiger partial charge in [-0.05, 0) is 36.6 Å². The molecule has 3 rings (SSSR count). The molecule has 0 aliphatic heterocycles. The van der Waals surface area contributed by atoms with Gasteiger partial charge in [0.2, 0.25) is 0 Å². The van der Waals surface area contributed by atoms with Crippen LogP contribution >= 0.6 is 0 Å². The Morgan fingerprint density at radius 2 is 1.92 bits per heavy atom. The van der Waals surface area contributed by atoms with E-state index in [1.54, 1.807) is 6.07 Å². The number of hydrogen-bond acceptors (Lipinski definition) is 3. The first-order valence-corrected chi connectivity index (χ1v) is 8.17. The molecule has 0 radical (unpaired) electrons. The van der Waals surface area contributed by atoms with Crippen molar-refractivity contribution in [3.05, 3.63) is 48.0 Å². The van der Waals surface area contributed by atoms with Crippen LogP contribution < -0.4 is 0 Å². The van der Waals surface area contributed by atoms with Crippen LogP contribution in [0.5, 0.6) is 0 Å². The van der Waals surface area contributed by atoms with Crippen LogP contribution in [0, 0.1) is 17.2 Å². The van der Waals surface area contributed by atoms with Gasteiger partial charge in [-0.1, -0.05) is 32.0 Å². The summed E-state index contributed by atoms with van der Waals surface area (Å²) in [5.41, 5.74) is 2.53. The van der Waals surface area contributed by atoms with E-state index >= 15 is 0 Å². The van der Waals surface area contributed by atoms with Gasteiger partial charge in [0.25, 0.3) is 0 Å². The van der Waals surface area contributed by atoms with E-state index in [4.69, 9.17) is 10.00 Å². The lowest BCUT2D eigenvalue weighted by molar-refractivity contribution is -0.144. The van der Waals surface area contributed by atoms with Crippen LogP contribution in [-0.2, 0) is 16.1 Å². The van der Waals surface area contributed by atoms with Crippen molar-refractivity contribution in [2.75, 3.05) is 6.61 Å². The maximum absolute atomic E-state index is 12.2. The zero-order valence-corrected chi connectivity index (χ0v) is 14.0. The minimum absolute atomic E-state index is 0.175. The molecular weight excluding hydrogens is 300 g/mol. The Kier molecular flexibility index (Phi) is 4.52. The van der Waals surface area contributed by atoms with E-state index in [1.165, 1.54) is 0 Å². The normalized spacial score (nSPS) is 11.1. The zero-order chi connectivity index (χ0) is 17.1. The van der Waals surface area contributed by atoms with Gasteiger partial charge in [0.15, 0.2) is 0 Å². The number of aromatic nitrogens is 1. The van der Waals surface area contributed by atoms with Crippen molar-refractivity contribution in [2.24, 2.45) is 5.92 Å². The van der Waals surface area contributed by atoms with E-state index in [9.17, 15) is 4.79 Å². The maximum Gasteiger partial charge on any atom is 0.325 e. The fourth-order valence-electron chi connectivity index (χ4n) is 2.88. The van der Waals surface area contributed by atoms with Crippen molar-refractivity contribution in [1.82, 2.24) is 4.57 Å². The van der Waals surface area contributed by atoms with Gasteiger partial charge in [0, 0.05) is 21.8 Å². The molecule has 0 bridgehead atoms. The lowest BCUT2D eigenvalue weighted by atomic mass is 10.1. The van der Waals surface area contributed by atoms with Gasteiger partial charge in [-0.25, -0.2) is 0 Å². The van der Waals surface area contributed by atoms with Gasteiger partial charge in [0.1, 0.15) is 6.54 Å². The monoisotopic (exact) mass is 320 g/mol. The Balaban J connectivity index is 1.97. The molecule has 3 aromatic rings. The summed E-state index contributed by atoms with van der Waals surface area (Å²) >= 11 is 0. The summed E-state index contributed by atoms with van der Waals surface area (Å²) in [6.45, 7) is 4.83. The smallest absolute Gasteiger partial charge is 0.325 e. The number of benzene rings is 2. The van der Waals surface area contributed by atoms with Crippen molar-refractivity contribution in [3.63, 3.8) is 0 Å². The molecular formula is C20H20N2O2. The third kappa shape index (κ3) is 3.11. The summed E-state index contributed by atoms with van der Waals surface area (Å²) in [5.74, 6) is 0.276. The van der Waals surface area contributed by atoms with Crippen molar-refractivity contribution >= 4 is 27.8 Å². The predicted octanol–water partition coefficient (Wildman–Crippen LogP) is 4.26. The lowest BCUT2D eigenvalue weighted by Crippen LogP contribution is -2.14. The molecule has 1 aromatic heterocycles. The number of rotatable bonds is 5. The van der Waals surface area contributed by atoms with Gasteiger partial charge in [0.05, 0.1) is 18.2 Å². The van der Waals surface area contributed by atoms with Gasteiger partial charge < -0.3 is 9.30 Å². The standard InChI is InChI=1S/C20H20N2O2/c1-14(2)9-10-24-20(23)13-22-18-6-4-3-5-16(18)17-11-15(12-21)7-8-19(17)22/h3-8,11,14H,9-10,13H2,1-2H3. The van der Waals surface area contributed by atoms with Crippen molar-refractivity contribution in [1.29, 1.82) is 5.26 Å². The number of carbonyl (C=O) groups excluding carboxylic acids is 1. The summed E-state index contributed by atoms with van der Waals surface area (Å²) in [7, 11) is 0. The highest BCUT2D eigenvalue weighted by Gasteiger charge is 2.14. The van der Waals surface area contributed by atoms with Crippen LogP contribution in [-0.4, -0.2) is 17.1 Å². The fourth-order valence-corrected chi connectivity index (χ4v) is 2.88. The summed E-state index contributed by atoms with van der Waals surface area (Å²) in [6.07, 6.45) is 0.866. The molecule has 2 aromatic carbocycles. The Morgan fingerprint density at radius 3 is 2.67 bits per heavy atom.